The molecule has 1 aliphatic rings. The molecule has 0 saturated carbocycles. The zero-order valence-corrected chi connectivity index (χ0v) is 13.7. The molecule has 1 N–H and O–H groups in total. The third kappa shape index (κ3) is 3.53. The van der Waals surface area contributed by atoms with Crippen LogP contribution in [-0.2, 0) is 14.3 Å². The van der Waals surface area contributed by atoms with E-state index in [2.05, 4.69) is 9.84 Å². The fourth-order valence-corrected chi connectivity index (χ4v) is 1.86. The quantitative estimate of drug-likeness (QED) is 0.747. The van der Waals surface area contributed by atoms with E-state index in [-0.39, 0.29) is 12.1 Å². The predicted octanol–water partition coefficient (Wildman–Crippen LogP) is 1.89. The van der Waals surface area contributed by atoms with Crippen molar-refractivity contribution in [1.29, 1.82) is 0 Å². The molecule has 1 rings (SSSR count). The van der Waals surface area contributed by atoms with Crippen molar-refractivity contribution in [3.63, 3.8) is 0 Å². The fraction of sp³-hybridized carbons (Fsp3) is 0.786. The molecule has 1 atom stereocenters. The standard InChI is InChI=1S/C14H24N2O5/c1-12(2,3)14(19)8-9(10(17)20-7)15-16(14)11(18)21-13(4,5)6/h19H,8H2,1-7H3/t14-/m1/s1. The molecule has 21 heavy (non-hydrogen) atoms. The summed E-state index contributed by atoms with van der Waals surface area (Å²) in [5, 5.41) is 15.6. The van der Waals surface area contributed by atoms with Gasteiger partial charge in [0.25, 0.3) is 0 Å². The third-order valence-electron chi connectivity index (χ3n) is 3.17. The maximum absolute atomic E-state index is 12.3. The molecule has 1 aliphatic heterocycles. The van der Waals surface area contributed by atoms with Crippen LogP contribution in [0.1, 0.15) is 48.0 Å². The lowest BCUT2D eigenvalue weighted by molar-refractivity contribution is -0.156. The number of hydrogen-bond donors (Lipinski definition) is 1. The van der Waals surface area contributed by atoms with Gasteiger partial charge in [-0.25, -0.2) is 9.59 Å². The van der Waals surface area contributed by atoms with Crippen LogP contribution in [0.4, 0.5) is 4.79 Å². The molecule has 0 radical (unpaired) electrons. The Hall–Kier alpha value is -1.63. The molecule has 0 saturated heterocycles. The Morgan fingerprint density at radius 1 is 1.24 bits per heavy atom. The lowest BCUT2D eigenvalue weighted by atomic mass is 9.80. The van der Waals surface area contributed by atoms with Gasteiger partial charge in [0.15, 0.2) is 11.4 Å². The van der Waals surface area contributed by atoms with E-state index < -0.39 is 28.8 Å². The summed E-state index contributed by atoms with van der Waals surface area (Å²) in [6.07, 6.45) is -0.915. The first-order valence-corrected chi connectivity index (χ1v) is 6.73. The Labute approximate surface area is 124 Å². The van der Waals surface area contributed by atoms with Crippen molar-refractivity contribution in [2.45, 2.75) is 59.3 Å². The minimum atomic E-state index is -1.65. The Bertz CT molecular complexity index is 473. The summed E-state index contributed by atoms with van der Waals surface area (Å²) in [5.74, 6) is -0.677. The third-order valence-corrected chi connectivity index (χ3v) is 3.17. The second-order valence-electron chi connectivity index (χ2n) is 7.07. The van der Waals surface area contributed by atoms with Gasteiger partial charge in [-0.2, -0.15) is 10.1 Å². The minimum absolute atomic E-state index is 0.0132. The molecular weight excluding hydrogens is 276 g/mol. The largest absolute Gasteiger partial charge is 0.464 e. The van der Waals surface area contributed by atoms with Crippen molar-refractivity contribution in [3.05, 3.63) is 0 Å². The number of aliphatic hydroxyl groups is 1. The molecule has 0 aliphatic carbocycles. The number of hydrogen-bond acceptors (Lipinski definition) is 6. The Balaban J connectivity index is 3.17. The Kier molecular flexibility index (Phi) is 4.39. The van der Waals surface area contributed by atoms with Gasteiger partial charge in [0, 0.05) is 11.8 Å². The number of ether oxygens (including phenoxy) is 2. The highest BCUT2D eigenvalue weighted by Crippen LogP contribution is 2.41. The second-order valence-corrected chi connectivity index (χ2v) is 7.07. The van der Waals surface area contributed by atoms with E-state index >= 15 is 0 Å². The molecule has 0 spiro atoms. The SMILES string of the molecule is COC(=O)C1=NN(C(=O)OC(C)(C)C)[C@](O)(C(C)(C)C)C1. The molecule has 1 amide bonds. The smallest absolute Gasteiger partial charge is 0.433 e. The van der Waals surface area contributed by atoms with Crippen LogP contribution in [0.5, 0.6) is 0 Å². The summed E-state index contributed by atoms with van der Waals surface area (Å²) in [4.78, 5) is 23.9. The van der Waals surface area contributed by atoms with E-state index in [0.29, 0.717) is 0 Å². The fourth-order valence-electron chi connectivity index (χ4n) is 1.86. The molecule has 7 nitrogen and oxygen atoms in total. The van der Waals surface area contributed by atoms with E-state index in [9.17, 15) is 14.7 Å². The highest BCUT2D eigenvalue weighted by molar-refractivity contribution is 6.37. The van der Waals surface area contributed by atoms with Gasteiger partial charge in [-0.1, -0.05) is 20.8 Å². The number of methoxy groups -OCH3 is 1. The van der Waals surface area contributed by atoms with Crippen LogP contribution in [0.15, 0.2) is 5.10 Å². The van der Waals surface area contributed by atoms with Crippen molar-refractivity contribution >= 4 is 17.8 Å². The predicted molar refractivity (Wildman–Crippen MR) is 76.5 cm³/mol. The Morgan fingerprint density at radius 3 is 2.14 bits per heavy atom. The first-order chi connectivity index (χ1) is 9.32. The Morgan fingerprint density at radius 2 is 1.76 bits per heavy atom. The highest BCUT2D eigenvalue weighted by atomic mass is 16.6. The van der Waals surface area contributed by atoms with E-state index in [1.807, 2.05) is 0 Å². The molecule has 7 heteroatoms. The number of rotatable bonds is 1. The molecule has 0 fully saturated rings. The van der Waals surface area contributed by atoms with Crippen LogP contribution in [0.25, 0.3) is 0 Å². The van der Waals surface area contributed by atoms with Gasteiger partial charge in [0.05, 0.1) is 7.11 Å². The topological polar surface area (TPSA) is 88.4 Å². The maximum atomic E-state index is 12.3. The monoisotopic (exact) mass is 300 g/mol. The average Bonchev–Trinajstić information content (AvgIpc) is 2.65. The zero-order valence-electron chi connectivity index (χ0n) is 13.7. The lowest BCUT2D eigenvalue weighted by Gasteiger charge is -2.41. The molecule has 0 unspecified atom stereocenters. The van der Waals surface area contributed by atoms with Gasteiger partial charge in [0.1, 0.15) is 5.60 Å². The molecule has 0 bridgehead atoms. The first kappa shape index (κ1) is 17.4. The lowest BCUT2D eigenvalue weighted by Crippen LogP contribution is -2.55. The van der Waals surface area contributed by atoms with Crippen LogP contribution in [0, 0.1) is 5.41 Å². The van der Waals surface area contributed by atoms with Gasteiger partial charge in [-0.3, -0.25) is 0 Å². The van der Waals surface area contributed by atoms with Crippen LogP contribution in [0.3, 0.4) is 0 Å². The van der Waals surface area contributed by atoms with Crippen molar-refractivity contribution in [2.24, 2.45) is 10.5 Å². The van der Waals surface area contributed by atoms with Crippen LogP contribution in [0.2, 0.25) is 0 Å². The maximum Gasteiger partial charge on any atom is 0.433 e. The van der Waals surface area contributed by atoms with Gasteiger partial charge in [-0.05, 0) is 20.8 Å². The summed E-state index contributed by atoms with van der Waals surface area (Å²) >= 11 is 0. The highest BCUT2D eigenvalue weighted by Gasteiger charge is 2.55. The zero-order chi connectivity index (χ0) is 16.6. The van der Waals surface area contributed by atoms with E-state index in [1.165, 1.54) is 7.11 Å². The molecular formula is C14H24N2O5. The molecule has 1 heterocycles. The summed E-state index contributed by atoms with van der Waals surface area (Å²) in [6.45, 7) is 10.4. The molecule has 0 aromatic heterocycles. The van der Waals surface area contributed by atoms with Crippen molar-refractivity contribution in [1.82, 2.24) is 5.01 Å². The number of carbonyl (C=O) groups is 2. The first-order valence-electron chi connectivity index (χ1n) is 6.73. The van der Waals surface area contributed by atoms with Gasteiger partial charge >= 0.3 is 12.1 Å². The summed E-state index contributed by atoms with van der Waals surface area (Å²) in [6, 6.07) is 0. The van der Waals surface area contributed by atoms with Crippen molar-refractivity contribution in [2.75, 3.05) is 7.11 Å². The number of amides is 1. The summed E-state index contributed by atoms with van der Waals surface area (Å²) in [7, 11) is 1.22. The second kappa shape index (κ2) is 5.29. The van der Waals surface area contributed by atoms with Crippen LogP contribution < -0.4 is 0 Å². The number of hydrazone groups is 1. The number of esters is 1. The minimum Gasteiger partial charge on any atom is -0.464 e. The van der Waals surface area contributed by atoms with Gasteiger partial charge < -0.3 is 14.6 Å². The molecule has 0 aromatic carbocycles. The normalized spacial score (nSPS) is 22.9. The van der Waals surface area contributed by atoms with E-state index in [1.54, 1.807) is 41.5 Å². The van der Waals surface area contributed by atoms with E-state index in [4.69, 9.17) is 4.74 Å². The average molecular weight is 300 g/mol. The number of carbonyl (C=O) groups excluding carboxylic acids is 2. The number of nitrogens with zero attached hydrogens (tertiary/aromatic N) is 2. The summed E-state index contributed by atoms with van der Waals surface area (Å²) in [5.41, 5.74) is -3.14. The van der Waals surface area contributed by atoms with Gasteiger partial charge in [-0.15, -0.1) is 0 Å². The van der Waals surface area contributed by atoms with Crippen molar-refractivity contribution in [3.8, 4) is 0 Å². The van der Waals surface area contributed by atoms with Gasteiger partial charge in [0.2, 0.25) is 0 Å². The van der Waals surface area contributed by atoms with E-state index in [0.717, 1.165) is 5.01 Å². The molecule has 120 valence electrons. The van der Waals surface area contributed by atoms with Crippen LogP contribution in [-0.4, -0.2) is 46.3 Å². The van der Waals surface area contributed by atoms with Crippen molar-refractivity contribution < 1.29 is 24.2 Å². The van der Waals surface area contributed by atoms with Crippen LogP contribution >= 0.6 is 0 Å². The summed E-state index contributed by atoms with van der Waals surface area (Å²) < 4.78 is 9.85. The molecule has 0 aromatic rings.